The Morgan fingerprint density at radius 2 is 1.50 bits per heavy atom. The van der Waals surface area contributed by atoms with Gasteiger partial charge in [-0.25, -0.2) is 9.59 Å². The van der Waals surface area contributed by atoms with Gasteiger partial charge in [0.15, 0.2) is 0 Å². The molecule has 2 N–H and O–H groups in total. The minimum atomic E-state index is -1.46. The van der Waals surface area contributed by atoms with Crippen molar-refractivity contribution in [2.24, 2.45) is 5.92 Å². The molecule has 92 valence electrons. The number of carboxylic acid groups (broad SMARTS) is 2. The predicted molar refractivity (Wildman–Crippen MR) is 54.7 cm³/mol. The Bertz CT molecular complexity index is 292. The van der Waals surface area contributed by atoms with Crippen molar-refractivity contribution in [3.8, 4) is 0 Å². The lowest BCUT2D eigenvalue weighted by atomic mass is 10.2. The van der Waals surface area contributed by atoms with Gasteiger partial charge < -0.3 is 19.7 Å². The fraction of sp³-hybridized carbons (Fsp3) is 0.600. The van der Waals surface area contributed by atoms with Crippen LogP contribution in [0.4, 0.5) is 0 Å². The first-order chi connectivity index (χ1) is 7.40. The summed E-state index contributed by atoms with van der Waals surface area (Å²) in [5.74, 6) is -4.15. The topological polar surface area (TPSA) is 93.1 Å². The Hall–Kier alpha value is -1.72. The normalized spacial score (nSPS) is 12.0. The molecule has 6 nitrogen and oxygen atoms in total. The molecule has 0 amide bonds. The summed E-state index contributed by atoms with van der Waals surface area (Å²) in [4.78, 5) is 21.6. The van der Waals surface area contributed by atoms with Crippen molar-refractivity contribution in [2.45, 2.75) is 20.8 Å². The van der Waals surface area contributed by atoms with Crippen molar-refractivity contribution in [1.29, 1.82) is 0 Å². The van der Waals surface area contributed by atoms with E-state index in [2.05, 4.69) is 0 Å². The van der Waals surface area contributed by atoms with Crippen LogP contribution in [-0.2, 0) is 19.1 Å². The van der Waals surface area contributed by atoms with E-state index in [0.29, 0.717) is 0 Å². The fourth-order valence-electron chi connectivity index (χ4n) is 0.843. The van der Waals surface area contributed by atoms with E-state index in [1.807, 2.05) is 13.8 Å². The van der Waals surface area contributed by atoms with Crippen molar-refractivity contribution in [2.75, 3.05) is 13.2 Å². The van der Waals surface area contributed by atoms with E-state index in [4.69, 9.17) is 19.7 Å². The maximum absolute atomic E-state index is 10.8. The molecule has 0 aromatic carbocycles. The minimum absolute atomic E-state index is 0.0590. The second kappa shape index (κ2) is 6.71. The van der Waals surface area contributed by atoms with Crippen LogP contribution in [0.1, 0.15) is 20.8 Å². The molecule has 0 saturated carbocycles. The number of carbonyl (C=O) groups is 2. The van der Waals surface area contributed by atoms with E-state index in [1.54, 1.807) is 6.92 Å². The molecule has 0 radical (unpaired) electrons. The second-order valence-corrected chi connectivity index (χ2v) is 3.41. The highest BCUT2D eigenvalue weighted by atomic mass is 16.5. The number of aliphatic carboxylic acids is 2. The fourth-order valence-corrected chi connectivity index (χ4v) is 0.843. The molecule has 0 heterocycles. The quantitative estimate of drug-likeness (QED) is 0.504. The standard InChI is InChI=1S/C10H16O6/c1-4-15-7(9(11)12)8(10(13)14)16-5-6(2)3/h6H,4-5H2,1-3H3,(H,11,12)(H,13,14)/b8-7-. The molecule has 0 rings (SSSR count). The lowest BCUT2D eigenvalue weighted by molar-refractivity contribution is -0.142. The van der Waals surface area contributed by atoms with Crippen LogP contribution in [0, 0.1) is 5.92 Å². The Kier molecular flexibility index (Phi) is 5.99. The zero-order chi connectivity index (χ0) is 12.7. The van der Waals surface area contributed by atoms with Crippen LogP contribution in [0.5, 0.6) is 0 Å². The zero-order valence-corrected chi connectivity index (χ0v) is 9.52. The number of carboxylic acids is 2. The van der Waals surface area contributed by atoms with Gasteiger partial charge in [-0.1, -0.05) is 13.8 Å². The second-order valence-electron chi connectivity index (χ2n) is 3.41. The van der Waals surface area contributed by atoms with Crippen molar-refractivity contribution in [3.63, 3.8) is 0 Å². The van der Waals surface area contributed by atoms with Crippen molar-refractivity contribution >= 4 is 11.9 Å². The predicted octanol–water partition coefficient (Wildman–Crippen LogP) is 1.08. The van der Waals surface area contributed by atoms with Gasteiger partial charge in [-0.3, -0.25) is 0 Å². The Morgan fingerprint density at radius 3 is 1.81 bits per heavy atom. The summed E-state index contributed by atoms with van der Waals surface area (Å²) in [7, 11) is 0. The molecule has 0 fully saturated rings. The van der Waals surface area contributed by atoms with Crippen molar-refractivity contribution < 1.29 is 29.3 Å². The molecule has 0 unspecified atom stereocenters. The molecule has 0 aliphatic carbocycles. The van der Waals surface area contributed by atoms with Crippen LogP contribution >= 0.6 is 0 Å². The summed E-state index contributed by atoms with van der Waals surface area (Å²) in [6.07, 6.45) is 0. The van der Waals surface area contributed by atoms with Gasteiger partial charge in [-0.2, -0.15) is 0 Å². The Morgan fingerprint density at radius 1 is 1.06 bits per heavy atom. The molecular formula is C10H16O6. The summed E-state index contributed by atoms with van der Waals surface area (Å²) in [5, 5.41) is 17.6. The summed E-state index contributed by atoms with van der Waals surface area (Å²) in [6, 6.07) is 0. The van der Waals surface area contributed by atoms with Gasteiger partial charge in [0.2, 0.25) is 0 Å². The van der Waals surface area contributed by atoms with Crippen LogP contribution in [0.15, 0.2) is 11.5 Å². The molecule has 6 heteroatoms. The third kappa shape index (κ3) is 4.68. The third-order valence-corrected chi connectivity index (χ3v) is 1.44. The maximum Gasteiger partial charge on any atom is 0.375 e. The summed E-state index contributed by atoms with van der Waals surface area (Å²) in [6.45, 7) is 5.38. The maximum atomic E-state index is 10.8. The molecule has 0 aliphatic rings. The highest BCUT2D eigenvalue weighted by Gasteiger charge is 2.24. The van der Waals surface area contributed by atoms with Gasteiger partial charge in [0.05, 0.1) is 13.2 Å². The number of hydrogen-bond donors (Lipinski definition) is 2. The highest BCUT2D eigenvalue weighted by molar-refractivity contribution is 5.95. The first-order valence-electron chi connectivity index (χ1n) is 4.86. The van der Waals surface area contributed by atoms with Gasteiger partial charge in [0.1, 0.15) is 0 Å². The average molecular weight is 232 g/mol. The summed E-state index contributed by atoms with van der Waals surface area (Å²) in [5.41, 5.74) is 0. The molecule has 0 bridgehead atoms. The van der Waals surface area contributed by atoms with Gasteiger partial charge in [0.25, 0.3) is 11.5 Å². The molecule has 0 spiro atoms. The molecular weight excluding hydrogens is 216 g/mol. The van der Waals surface area contributed by atoms with Crippen LogP contribution in [-0.4, -0.2) is 35.4 Å². The largest absolute Gasteiger partial charge is 0.484 e. The van der Waals surface area contributed by atoms with Crippen molar-refractivity contribution in [1.82, 2.24) is 0 Å². The first kappa shape index (κ1) is 14.3. The van der Waals surface area contributed by atoms with E-state index in [1.165, 1.54) is 0 Å². The number of hydrogen-bond acceptors (Lipinski definition) is 4. The Balaban J connectivity index is 4.99. The van der Waals surface area contributed by atoms with Gasteiger partial charge in [0, 0.05) is 0 Å². The smallest absolute Gasteiger partial charge is 0.375 e. The minimum Gasteiger partial charge on any atom is -0.484 e. The van der Waals surface area contributed by atoms with Crippen LogP contribution in [0.3, 0.4) is 0 Å². The molecule has 16 heavy (non-hydrogen) atoms. The number of rotatable bonds is 7. The van der Waals surface area contributed by atoms with E-state index < -0.39 is 23.5 Å². The van der Waals surface area contributed by atoms with Gasteiger partial charge in [-0.05, 0) is 12.8 Å². The highest BCUT2D eigenvalue weighted by Crippen LogP contribution is 2.11. The SMILES string of the molecule is CCO/C(C(=O)O)=C(\OCC(C)C)C(=O)O. The monoisotopic (exact) mass is 232 g/mol. The molecule has 0 saturated heterocycles. The molecule has 0 atom stereocenters. The average Bonchev–Trinajstić information content (AvgIpc) is 2.15. The van der Waals surface area contributed by atoms with E-state index in [9.17, 15) is 9.59 Å². The summed E-state index contributed by atoms with van der Waals surface area (Å²) >= 11 is 0. The van der Waals surface area contributed by atoms with Crippen LogP contribution in [0.25, 0.3) is 0 Å². The summed E-state index contributed by atoms with van der Waals surface area (Å²) < 4.78 is 9.65. The van der Waals surface area contributed by atoms with Crippen LogP contribution in [0.2, 0.25) is 0 Å². The van der Waals surface area contributed by atoms with E-state index in [-0.39, 0.29) is 19.1 Å². The van der Waals surface area contributed by atoms with Crippen molar-refractivity contribution in [3.05, 3.63) is 11.5 Å². The van der Waals surface area contributed by atoms with Gasteiger partial charge in [-0.15, -0.1) is 0 Å². The molecule has 0 aromatic rings. The third-order valence-electron chi connectivity index (χ3n) is 1.44. The van der Waals surface area contributed by atoms with E-state index >= 15 is 0 Å². The first-order valence-corrected chi connectivity index (χ1v) is 4.86. The number of ether oxygens (including phenoxy) is 2. The van der Waals surface area contributed by atoms with E-state index in [0.717, 1.165) is 0 Å². The lowest BCUT2D eigenvalue weighted by Gasteiger charge is -2.12. The van der Waals surface area contributed by atoms with Crippen LogP contribution < -0.4 is 0 Å². The lowest BCUT2D eigenvalue weighted by Crippen LogP contribution is -2.18. The van der Waals surface area contributed by atoms with Gasteiger partial charge >= 0.3 is 11.9 Å². The Labute approximate surface area is 93.5 Å². The molecule has 0 aliphatic heterocycles. The molecule has 0 aromatic heterocycles. The zero-order valence-electron chi connectivity index (χ0n) is 9.52.